The van der Waals surface area contributed by atoms with E-state index in [2.05, 4.69) is 26.1 Å². The molecule has 2 aromatic rings. The molecule has 110 valence electrons. The van der Waals surface area contributed by atoms with Crippen LogP contribution in [0.3, 0.4) is 0 Å². The van der Waals surface area contributed by atoms with Crippen molar-refractivity contribution in [2.75, 3.05) is 0 Å². The minimum atomic E-state index is -0.153. The van der Waals surface area contributed by atoms with Crippen LogP contribution in [0.5, 0.6) is 11.6 Å². The summed E-state index contributed by atoms with van der Waals surface area (Å²) in [5.74, 6) is 0.274. The smallest absolute Gasteiger partial charge is 0.250 e. The molecule has 1 heterocycles. The van der Waals surface area contributed by atoms with Crippen molar-refractivity contribution in [1.29, 1.82) is 5.41 Å². The molecule has 0 saturated carbocycles. The van der Waals surface area contributed by atoms with Gasteiger partial charge >= 0.3 is 0 Å². The van der Waals surface area contributed by atoms with Crippen molar-refractivity contribution in [2.24, 2.45) is 5.73 Å². The van der Waals surface area contributed by atoms with E-state index in [4.69, 9.17) is 39.1 Å². The lowest BCUT2D eigenvalue weighted by Crippen LogP contribution is -2.16. The molecule has 1 aromatic carbocycles. The Morgan fingerprint density at radius 1 is 1.24 bits per heavy atom. The van der Waals surface area contributed by atoms with E-state index < -0.39 is 0 Å². The summed E-state index contributed by atoms with van der Waals surface area (Å²) in [5, 5.41) is 16.4. The molecule has 2 rings (SSSR count). The fourth-order valence-corrected chi connectivity index (χ4v) is 2.49. The molecule has 0 bridgehead atoms. The molecule has 0 amide bonds. The summed E-state index contributed by atoms with van der Waals surface area (Å²) in [6.45, 7) is 3.58. The number of halogens is 3. The third-order valence-electron chi connectivity index (χ3n) is 2.87. The van der Waals surface area contributed by atoms with Crippen molar-refractivity contribution < 1.29 is 4.74 Å². The molecule has 8 heteroatoms. The minimum absolute atomic E-state index is 0.117. The predicted molar refractivity (Wildman–Crippen MR) is 86.8 cm³/mol. The zero-order valence-corrected chi connectivity index (χ0v) is 14.3. The van der Waals surface area contributed by atoms with Crippen LogP contribution >= 0.6 is 39.1 Å². The Kier molecular flexibility index (Phi) is 4.70. The molecule has 0 radical (unpaired) electrons. The number of nitrogens with one attached hydrogen (secondary N) is 1. The number of nitrogens with two attached hydrogens (primary N) is 1. The van der Waals surface area contributed by atoms with Gasteiger partial charge in [0, 0.05) is 10.5 Å². The average Bonchev–Trinajstić information content (AvgIpc) is 2.40. The number of ether oxygens (including phenoxy) is 1. The van der Waals surface area contributed by atoms with E-state index >= 15 is 0 Å². The zero-order chi connectivity index (χ0) is 15.7. The number of hydrogen-bond acceptors (Lipinski definition) is 4. The number of rotatable bonds is 3. The van der Waals surface area contributed by atoms with E-state index in [-0.39, 0.29) is 11.7 Å². The van der Waals surface area contributed by atoms with Crippen molar-refractivity contribution in [2.45, 2.75) is 13.8 Å². The van der Waals surface area contributed by atoms with Crippen molar-refractivity contribution in [1.82, 2.24) is 10.2 Å². The van der Waals surface area contributed by atoms with Crippen LogP contribution in [0.4, 0.5) is 0 Å². The standard InChI is InChI=1S/C13H11BrCl2N4O/c1-5-6(2)19-20-13(11(5)12(17)18)21-10-4-8(15)7(14)3-9(10)16/h3-4H,1-2H3,(H3,17,18). The topological polar surface area (TPSA) is 84.9 Å². The van der Waals surface area contributed by atoms with Crippen LogP contribution in [-0.4, -0.2) is 16.0 Å². The lowest BCUT2D eigenvalue weighted by atomic mass is 10.1. The highest BCUT2D eigenvalue weighted by Gasteiger charge is 2.17. The highest BCUT2D eigenvalue weighted by molar-refractivity contribution is 9.10. The fraction of sp³-hybridized carbons (Fsp3) is 0.154. The Morgan fingerprint density at radius 2 is 1.90 bits per heavy atom. The summed E-state index contributed by atoms with van der Waals surface area (Å²) in [6.07, 6.45) is 0. The monoisotopic (exact) mass is 388 g/mol. The van der Waals surface area contributed by atoms with Crippen molar-refractivity contribution >= 4 is 45.0 Å². The highest BCUT2D eigenvalue weighted by atomic mass is 79.9. The van der Waals surface area contributed by atoms with Crippen molar-refractivity contribution in [3.63, 3.8) is 0 Å². The van der Waals surface area contributed by atoms with Gasteiger partial charge in [-0.1, -0.05) is 23.2 Å². The van der Waals surface area contributed by atoms with Crippen LogP contribution in [0.25, 0.3) is 0 Å². The summed E-state index contributed by atoms with van der Waals surface area (Å²) in [5.41, 5.74) is 7.39. The van der Waals surface area contributed by atoms with Gasteiger partial charge in [-0.25, -0.2) is 0 Å². The molecule has 0 unspecified atom stereocenters. The number of amidine groups is 1. The first-order valence-corrected chi connectivity index (χ1v) is 7.36. The lowest BCUT2D eigenvalue weighted by molar-refractivity contribution is 0.452. The van der Waals surface area contributed by atoms with E-state index in [9.17, 15) is 0 Å². The number of aromatic nitrogens is 2. The van der Waals surface area contributed by atoms with E-state index in [1.807, 2.05) is 0 Å². The second kappa shape index (κ2) is 6.17. The molecule has 3 N–H and O–H groups in total. The number of nitrogen functional groups attached to an aromatic ring is 1. The Morgan fingerprint density at radius 3 is 2.52 bits per heavy atom. The van der Waals surface area contributed by atoms with E-state index in [0.717, 1.165) is 5.56 Å². The van der Waals surface area contributed by atoms with Gasteiger partial charge < -0.3 is 10.5 Å². The number of benzene rings is 1. The summed E-state index contributed by atoms with van der Waals surface area (Å²) >= 11 is 15.4. The summed E-state index contributed by atoms with van der Waals surface area (Å²) < 4.78 is 6.29. The minimum Gasteiger partial charge on any atom is -0.435 e. The molecule has 0 atom stereocenters. The van der Waals surface area contributed by atoms with Crippen LogP contribution in [0.15, 0.2) is 16.6 Å². The first-order valence-electron chi connectivity index (χ1n) is 5.82. The van der Waals surface area contributed by atoms with Crippen LogP contribution in [-0.2, 0) is 0 Å². The molecule has 0 spiro atoms. The van der Waals surface area contributed by atoms with Gasteiger partial charge in [-0.15, -0.1) is 5.10 Å². The number of hydrogen-bond donors (Lipinski definition) is 2. The largest absolute Gasteiger partial charge is 0.435 e. The maximum absolute atomic E-state index is 7.67. The third-order valence-corrected chi connectivity index (χ3v) is 4.37. The molecule has 1 aromatic heterocycles. The average molecular weight is 390 g/mol. The molecule has 0 aliphatic heterocycles. The third kappa shape index (κ3) is 3.28. The van der Waals surface area contributed by atoms with Gasteiger partial charge in [-0.3, -0.25) is 5.41 Å². The highest BCUT2D eigenvalue weighted by Crippen LogP contribution is 2.37. The maximum atomic E-state index is 7.67. The van der Waals surface area contributed by atoms with Crippen LogP contribution in [0.2, 0.25) is 10.0 Å². The molecular formula is C13H11BrCl2N4O. The van der Waals surface area contributed by atoms with Gasteiger partial charge in [0.1, 0.15) is 11.6 Å². The number of aryl methyl sites for hydroxylation is 1. The lowest BCUT2D eigenvalue weighted by Gasteiger charge is -2.13. The van der Waals surface area contributed by atoms with Gasteiger partial charge in [-0.2, -0.15) is 5.10 Å². The van der Waals surface area contributed by atoms with Crippen molar-refractivity contribution in [3.8, 4) is 11.6 Å². The fourth-order valence-electron chi connectivity index (χ4n) is 1.66. The van der Waals surface area contributed by atoms with E-state index in [0.29, 0.717) is 31.5 Å². The zero-order valence-electron chi connectivity index (χ0n) is 11.2. The Bertz CT molecular complexity index is 737. The van der Waals surface area contributed by atoms with Crippen LogP contribution < -0.4 is 10.5 Å². The molecular weight excluding hydrogens is 379 g/mol. The number of nitrogens with zero attached hydrogens (tertiary/aromatic N) is 2. The Hall–Kier alpha value is -1.37. The van der Waals surface area contributed by atoms with E-state index in [1.54, 1.807) is 26.0 Å². The molecule has 0 saturated heterocycles. The van der Waals surface area contributed by atoms with Gasteiger partial charge in [0.2, 0.25) is 5.88 Å². The Labute approximate surface area is 140 Å². The van der Waals surface area contributed by atoms with E-state index in [1.165, 1.54) is 0 Å². The molecule has 0 aliphatic rings. The van der Waals surface area contributed by atoms with Crippen molar-refractivity contribution in [3.05, 3.63) is 43.5 Å². The second-order valence-corrected chi connectivity index (χ2v) is 5.97. The quantitative estimate of drug-likeness (QED) is 0.467. The normalized spacial score (nSPS) is 10.5. The van der Waals surface area contributed by atoms with Crippen LogP contribution in [0.1, 0.15) is 16.8 Å². The van der Waals surface area contributed by atoms with Gasteiger partial charge in [-0.05, 0) is 41.4 Å². The SMILES string of the molecule is Cc1nnc(Oc2cc(Cl)c(Br)cc2Cl)c(C(=N)N)c1C. The summed E-state index contributed by atoms with van der Waals surface area (Å²) in [6, 6.07) is 3.16. The summed E-state index contributed by atoms with van der Waals surface area (Å²) in [7, 11) is 0. The molecule has 5 nitrogen and oxygen atoms in total. The maximum Gasteiger partial charge on any atom is 0.250 e. The molecule has 0 aliphatic carbocycles. The first-order chi connectivity index (χ1) is 9.81. The molecule has 21 heavy (non-hydrogen) atoms. The van der Waals surface area contributed by atoms with Crippen LogP contribution in [0, 0.1) is 19.3 Å². The van der Waals surface area contributed by atoms with Gasteiger partial charge in [0.25, 0.3) is 0 Å². The first kappa shape index (κ1) is 16.0. The Balaban J connectivity index is 2.52. The van der Waals surface area contributed by atoms with Gasteiger partial charge in [0.05, 0.1) is 21.3 Å². The predicted octanol–water partition coefficient (Wildman–Crippen LogP) is 4.24. The summed E-state index contributed by atoms with van der Waals surface area (Å²) in [4.78, 5) is 0. The molecule has 0 fully saturated rings. The van der Waals surface area contributed by atoms with Gasteiger partial charge in [0.15, 0.2) is 0 Å². The second-order valence-electron chi connectivity index (χ2n) is 4.30.